The molecule has 0 bridgehead atoms. The van der Waals surface area contributed by atoms with E-state index < -0.39 is 6.04 Å². The van der Waals surface area contributed by atoms with Crippen LogP contribution >= 0.6 is 11.8 Å². The highest BCUT2D eigenvalue weighted by Crippen LogP contribution is 2.38. The van der Waals surface area contributed by atoms with E-state index in [0.29, 0.717) is 18.4 Å². The van der Waals surface area contributed by atoms with E-state index in [-0.39, 0.29) is 11.3 Å². The molecule has 6 heteroatoms. The van der Waals surface area contributed by atoms with Crippen LogP contribution in [-0.2, 0) is 14.4 Å². The molecule has 15 heavy (non-hydrogen) atoms. The first-order valence-corrected chi connectivity index (χ1v) is 5.55. The van der Waals surface area contributed by atoms with Gasteiger partial charge in [-0.15, -0.1) is 11.8 Å². The van der Waals surface area contributed by atoms with Crippen LogP contribution in [0.1, 0.15) is 6.92 Å². The van der Waals surface area contributed by atoms with Gasteiger partial charge in [-0.1, -0.05) is 0 Å². The predicted molar refractivity (Wildman–Crippen MR) is 54.8 cm³/mol. The van der Waals surface area contributed by atoms with Gasteiger partial charge >= 0.3 is 0 Å². The summed E-state index contributed by atoms with van der Waals surface area (Å²) in [6.45, 7) is 1.83. The van der Waals surface area contributed by atoms with E-state index >= 15 is 0 Å². The van der Waals surface area contributed by atoms with Crippen LogP contribution < -0.4 is 5.32 Å². The summed E-state index contributed by atoms with van der Waals surface area (Å²) in [7, 11) is 0. The number of hydrogen-bond acceptors (Lipinski definition) is 4. The zero-order valence-electron chi connectivity index (χ0n) is 8.10. The number of aldehydes is 1. The van der Waals surface area contributed by atoms with E-state index in [2.05, 4.69) is 5.32 Å². The van der Waals surface area contributed by atoms with Crippen molar-refractivity contribution in [3.63, 3.8) is 0 Å². The minimum atomic E-state index is -0.476. The number of rotatable bonds is 3. The SMILES string of the molecule is CC1=C(C=O)N2C(=O)C(NC=O)C2SC1. The molecule has 2 aliphatic heterocycles. The number of carbonyl (C=O) groups excluding carboxylic acids is 3. The maximum atomic E-state index is 11.6. The summed E-state index contributed by atoms with van der Waals surface area (Å²) in [5, 5.41) is 2.34. The van der Waals surface area contributed by atoms with E-state index in [1.54, 1.807) is 11.8 Å². The molecule has 0 aromatic heterocycles. The molecule has 0 spiro atoms. The average molecular weight is 226 g/mol. The van der Waals surface area contributed by atoms with Crippen LogP contribution in [0.4, 0.5) is 0 Å². The van der Waals surface area contributed by atoms with Crippen molar-refractivity contribution in [2.45, 2.75) is 18.3 Å². The molecule has 2 unspecified atom stereocenters. The Hall–Kier alpha value is -1.30. The molecule has 1 fully saturated rings. The van der Waals surface area contributed by atoms with Gasteiger partial charge in [-0.3, -0.25) is 19.3 Å². The van der Waals surface area contributed by atoms with E-state index in [1.165, 1.54) is 4.90 Å². The molecular weight excluding hydrogens is 216 g/mol. The number of hydrogen-bond donors (Lipinski definition) is 1. The Morgan fingerprint density at radius 1 is 1.53 bits per heavy atom. The van der Waals surface area contributed by atoms with Crippen LogP contribution in [0.25, 0.3) is 0 Å². The Balaban J connectivity index is 2.23. The minimum Gasteiger partial charge on any atom is -0.344 e. The maximum Gasteiger partial charge on any atom is 0.253 e. The Labute approximate surface area is 90.9 Å². The Morgan fingerprint density at radius 2 is 2.27 bits per heavy atom. The van der Waals surface area contributed by atoms with Crippen molar-refractivity contribution < 1.29 is 14.4 Å². The van der Waals surface area contributed by atoms with Crippen molar-refractivity contribution in [1.82, 2.24) is 10.2 Å². The number of allylic oxidation sites excluding steroid dienone is 1. The van der Waals surface area contributed by atoms with Gasteiger partial charge in [-0.2, -0.15) is 0 Å². The van der Waals surface area contributed by atoms with Crippen molar-refractivity contribution in [3.05, 3.63) is 11.3 Å². The molecule has 0 aromatic rings. The Bertz CT molecular complexity index is 366. The molecule has 2 rings (SSSR count). The monoisotopic (exact) mass is 226 g/mol. The molecule has 1 N–H and O–H groups in total. The van der Waals surface area contributed by atoms with Gasteiger partial charge in [0.2, 0.25) is 6.41 Å². The highest BCUT2D eigenvalue weighted by molar-refractivity contribution is 8.00. The lowest BCUT2D eigenvalue weighted by molar-refractivity contribution is -0.145. The number of β-lactam (4-membered cyclic amide) rings is 1. The van der Waals surface area contributed by atoms with Gasteiger partial charge in [0.15, 0.2) is 6.29 Å². The van der Waals surface area contributed by atoms with Crippen molar-refractivity contribution in [3.8, 4) is 0 Å². The number of nitrogens with zero attached hydrogens (tertiary/aromatic N) is 1. The summed E-state index contributed by atoms with van der Waals surface area (Å²) in [6, 6.07) is -0.476. The lowest BCUT2D eigenvalue weighted by Crippen LogP contribution is -2.69. The molecule has 0 aromatic carbocycles. The standard InChI is InChI=1S/C9H10N2O3S/c1-5-3-15-9-7(10-4-13)8(14)11(9)6(5)2-12/h2,4,7,9H,3H2,1H3,(H,10,13). The van der Waals surface area contributed by atoms with Crippen LogP contribution in [0.2, 0.25) is 0 Å². The lowest BCUT2D eigenvalue weighted by Gasteiger charge is -2.48. The molecule has 2 heterocycles. The molecule has 1 saturated heterocycles. The normalized spacial score (nSPS) is 29.4. The summed E-state index contributed by atoms with van der Waals surface area (Å²) in [5.74, 6) is 0.514. The van der Waals surface area contributed by atoms with Gasteiger partial charge in [-0.05, 0) is 12.5 Å². The smallest absolute Gasteiger partial charge is 0.253 e. The second-order valence-electron chi connectivity index (χ2n) is 3.46. The molecule has 0 aliphatic carbocycles. The van der Waals surface area contributed by atoms with Gasteiger partial charge in [0.1, 0.15) is 11.4 Å². The van der Waals surface area contributed by atoms with Crippen LogP contribution in [0, 0.1) is 0 Å². The zero-order chi connectivity index (χ0) is 11.0. The van der Waals surface area contributed by atoms with E-state index in [9.17, 15) is 14.4 Å². The molecule has 2 amide bonds. The molecular formula is C9H10N2O3S. The summed E-state index contributed by atoms with van der Waals surface area (Å²) in [4.78, 5) is 34.1. The van der Waals surface area contributed by atoms with E-state index in [0.717, 1.165) is 11.3 Å². The van der Waals surface area contributed by atoms with Gasteiger partial charge in [0.25, 0.3) is 5.91 Å². The minimum absolute atomic E-state index is 0.119. The number of amides is 2. The first-order valence-electron chi connectivity index (χ1n) is 4.50. The molecule has 80 valence electrons. The molecule has 0 saturated carbocycles. The predicted octanol–water partition coefficient (Wildman–Crippen LogP) is -0.511. The van der Waals surface area contributed by atoms with Gasteiger partial charge in [0.05, 0.1) is 5.70 Å². The topological polar surface area (TPSA) is 66.5 Å². The highest BCUT2D eigenvalue weighted by atomic mass is 32.2. The summed E-state index contributed by atoms with van der Waals surface area (Å²) < 4.78 is 0. The second kappa shape index (κ2) is 3.69. The van der Waals surface area contributed by atoms with Gasteiger partial charge in [-0.25, -0.2) is 0 Å². The molecule has 5 nitrogen and oxygen atoms in total. The molecule has 2 atom stereocenters. The van der Waals surface area contributed by atoms with Crippen molar-refractivity contribution in [2.24, 2.45) is 0 Å². The third kappa shape index (κ3) is 1.36. The van der Waals surface area contributed by atoms with Gasteiger partial charge < -0.3 is 5.32 Å². The summed E-state index contributed by atoms with van der Waals surface area (Å²) >= 11 is 1.56. The first-order chi connectivity index (χ1) is 7.20. The largest absolute Gasteiger partial charge is 0.344 e. The van der Waals surface area contributed by atoms with Crippen LogP contribution in [0.3, 0.4) is 0 Å². The number of nitrogens with one attached hydrogen (secondary N) is 1. The van der Waals surface area contributed by atoms with Crippen molar-refractivity contribution in [1.29, 1.82) is 0 Å². The first kappa shape index (κ1) is 10.2. The number of fused-ring (bicyclic) bond motifs is 1. The van der Waals surface area contributed by atoms with Crippen LogP contribution in [-0.4, -0.2) is 40.7 Å². The van der Waals surface area contributed by atoms with Crippen LogP contribution in [0.5, 0.6) is 0 Å². The Morgan fingerprint density at radius 3 is 2.87 bits per heavy atom. The van der Waals surface area contributed by atoms with Gasteiger partial charge in [0, 0.05) is 5.75 Å². The molecule has 2 aliphatic rings. The zero-order valence-corrected chi connectivity index (χ0v) is 8.91. The Kier molecular flexibility index (Phi) is 2.52. The third-order valence-corrected chi connectivity index (χ3v) is 3.99. The number of thioether (sulfide) groups is 1. The fourth-order valence-corrected chi connectivity index (χ4v) is 3.09. The molecule has 0 radical (unpaired) electrons. The summed E-state index contributed by atoms with van der Waals surface area (Å²) in [5.41, 5.74) is 1.36. The fraction of sp³-hybridized carbons (Fsp3) is 0.444. The summed E-state index contributed by atoms with van der Waals surface area (Å²) in [6.07, 6.45) is 1.23. The second-order valence-corrected chi connectivity index (χ2v) is 4.56. The van der Waals surface area contributed by atoms with Crippen molar-refractivity contribution >= 4 is 30.4 Å². The van der Waals surface area contributed by atoms with Crippen molar-refractivity contribution in [2.75, 3.05) is 5.75 Å². The van der Waals surface area contributed by atoms with E-state index in [1.807, 2.05) is 6.92 Å². The maximum absolute atomic E-state index is 11.6. The van der Waals surface area contributed by atoms with Crippen LogP contribution in [0.15, 0.2) is 11.3 Å². The fourth-order valence-electron chi connectivity index (χ4n) is 1.76. The average Bonchev–Trinajstić information content (AvgIpc) is 2.25. The highest BCUT2D eigenvalue weighted by Gasteiger charge is 2.51. The quantitative estimate of drug-likeness (QED) is 0.520. The third-order valence-electron chi connectivity index (χ3n) is 2.57. The lowest BCUT2D eigenvalue weighted by atomic mass is 10.0. The van der Waals surface area contributed by atoms with E-state index in [4.69, 9.17) is 0 Å². The number of carbonyl (C=O) groups is 3.